The molecule has 2 unspecified atom stereocenters. The molecule has 1 N–H and O–H groups in total. The predicted octanol–water partition coefficient (Wildman–Crippen LogP) is 2.43. The van der Waals surface area contributed by atoms with Crippen LogP contribution in [0.25, 0.3) is 0 Å². The number of hydrogen-bond donors (Lipinski definition) is 1. The lowest BCUT2D eigenvalue weighted by Crippen LogP contribution is -2.30. The molecule has 3 nitrogen and oxygen atoms in total. The minimum Gasteiger partial charge on any atom is -0.393 e. The van der Waals surface area contributed by atoms with Crippen molar-refractivity contribution in [2.24, 2.45) is 5.92 Å². The molecule has 18 heavy (non-hydrogen) atoms. The average Bonchev–Trinajstić information content (AvgIpc) is 2.75. The summed E-state index contributed by atoms with van der Waals surface area (Å²) >= 11 is 3.17. The fourth-order valence-electron chi connectivity index (χ4n) is 2.23. The van der Waals surface area contributed by atoms with Crippen LogP contribution in [0.1, 0.15) is 23.7 Å². The van der Waals surface area contributed by atoms with Crippen molar-refractivity contribution < 1.29 is 14.3 Å². The van der Waals surface area contributed by atoms with Crippen molar-refractivity contribution in [3.8, 4) is 0 Å². The number of rotatable bonds is 2. The predicted molar refractivity (Wildman–Crippen MR) is 69.8 cm³/mol. The van der Waals surface area contributed by atoms with Gasteiger partial charge in [0, 0.05) is 29.0 Å². The topological polar surface area (TPSA) is 40.5 Å². The van der Waals surface area contributed by atoms with Gasteiger partial charge in [0.1, 0.15) is 5.82 Å². The molecule has 2 rings (SSSR count). The lowest BCUT2D eigenvalue weighted by atomic mass is 10.0. The Morgan fingerprint density at radius 2 is 2.28 bits per heavy atom. The van der Waals surface area contributed by atoms with Crippen molar-refractivity contribution in [2.45, 2.75) is 19.4 Å². The van der Waals surface area contributed by atoms with E-state index in [1.54, 1.807) is 17.9 Å². The Balaban J connectivity index is 2.12. The van der Waals surface area contributed by atoms with Gasteiger partial charge in [-0.05, 0) is 31.5 Å². The van der Waals surface area contributed by atoms with Crippen LogP contribution in [0.4, 0.5) is 4.39 Å². The number of aliphatic hydroxyl groups is 1. The van der Waals surface area contributed by atoms with Gasteiger partial charge >= 0.3 is 0 Å². The molecule has 5 heteroatoms. The Bertz CT molecular complexity index is 444. The Morgan fingerprint density at radius 3 is 2.83 bits per heavy atom. The van der Waals surface area contributed by atoms with E-state index in [4.69, 9.17) is 0 Å². The second-order valence-corrected chi connectivity index (χ2v) is 5.61. The van der Waals surface area contributed by atoms with Crippen molar-refractivity contribution in [2.75, 3.05) is 13.1 Å². The summed E-state index contributed by atoms with van der Waals surface area (Å²) in [6, 6.07) is 4.17. The molecule has 0 spiro atoms. The molecule has 1 aromatic rings. The highest BCUT2D eigenvalue weighted by Crippen LogP contribution is 2.23. The lowest BCUT2D eigenvalue weighted by Gasteiger charge is -2.18. The van der Waals surface area contributed by atoms with Crippen LogP contribution < -0.4 is 0 Å². The molecule has 98 valence electrons. The number of halogens is 2. The van der Waals surface area contributed by atoms with E-state index in [1.165, 1.54) is 12.1 Å². The van der Waals surface area contributed by atoms with Gasteiger partial charge in [0.15, 0.2) is 0 Å². The number of carbonyl (C=O) groups excluding carboxylic acids is 1. The smallest absolute Gasteiger partial charge is 0.254 e. The summed E-state index contributed by atoms with van der Waals surface area (Å²) in [5.41, 5.74) is 0.341. The largest absolute Gasteiger partial charge is 0.393 e. The van der Waals surface area contributed by atoms with Crippen LogP contribution in [-0.2, 0) is 0 Å². The van der Waals surface area contributed by atoms with Gasteiger partial charge in [0.25, 0.3) is 5.91 Å². The van der Waals surface area contributed by atoms with Gasteiger partial charge in [0.05, 0.1) is 6.10 Å². The van der Waals surface area contributed by atoms with Crippen molar-refractivity contribution in [3.05, 3.63) is 34.1 Å². The standard InChI is InChI=1S/C13H15BrFNO2/c1-8(17)9-2-3-16(7-9)13(18)10-4-11(14)6-12(15)5-10/h4-6,8-9,17H,2-3,7H2,1H3. The number of carbonyl (C=O) groups is 1. The summed E-state index contributed by atoms with van der Waals surface area (Å²) in [6.45, 7) is 2.88. The molecule has 0 bridgehead atoms. The van der Waals surface area contributed by atoms with Crippen molar-refractivity contribution >= 4 is 21.8 Å². The molecule has 1 aliphatic rings. The molecule has 2 atom stereocenters. The van der Waals surface area contributed by atoms with Gasteiger partial charge in [-0.25, -0.2) is 4.39 Å². The van der Waals surface area contributed by atoms with Crippen LogP contribution in [0.3, 0.4) is 0 Å². The van der Waals surface area contributed by atoms with Crippen LogP contribution in [0.5, 0.6) is 0 Å². The van der Waals surface area contributed by atoms with E-state index < -0.39 is 11.9 Å². The summed E-state index contributed by atoms with van der Waals surface area (Å²) in [7, 11) is 0. The van der Waals surface area contributed by atoms with Crippen LogP contribution in [0.15, 0.2) is 22.7 Å². The number of benzene rings is 1. The Kier molecular flexibility index (Phi) is 4.02. The quantitative estimate of drug-likeness (QED) is 0.910. The van der Waals surface area contributed by atoms with Gasteiger partial charge in [-0.2, -0.15) is 0 Å². The number of nitrogens with zero attached hydrogens (tertiary/aromatic N) is 1. The molecule has 1 aromatic carbocycles. The number of likely N-dealkylation sites (tertiary alicyclic amines) is 1. The second kappa shape index (κ2) is 5.36. The monoisotopic (exact) mass is 315 g/mol. The Morgan fingerprint density at radius 1 is 1.56 bits per heavy atom. The third-order valence-corrected chi connectivity index (χ3v) is 3.76. The number of hydrogen-bond acceptors (Lipinski definition) is 2. The highest BCUT2D eigenvalue weighted by Gasteiger charge is 2.29. The van der Waals surface area contributed by atoms with Crippen LogP contribution >= 0.6 is 15.9 Å². The lowest BCUT2D eigenvalue weighted by molar-refractivity contribution is 0.0762. The van der Waals surface area contributed by atoms with Crippen LogP contribution in [-0.4, -0.2) is 35.1 Å². The van der Waals surface area contributed by atoms with E-state index in [2.05, 4.69) is 15.9 Å². The summed E-state index contributed by atoms with van der Waals surface area (Å²) in [5, 5.41) is 9.51. The second-order valence-electron chi connectivity index (χ2n) is 4.70. The Hall–Kier alpha value is -0.940. The minimum atomic E-state index is -0.431. The summed E-state index contributed by atoms with van der Waals surface area (Å²) in [6.07, 6.45) is 0.377. The average molecular weight is 316 g/mol. The van der Waals surface area contributed by atoms with Gasteiger partial charge < -0.3 is 10.0 Å². The molecular weight excluding hydrogens is 301 g/mol. The maximum atomic E-state index is 13.2. The molecule has 0 saturated carbocycles. The number of amides is 1. The van der Waals surface area contributed by atoms with Crippen molar-refractivity contribution in [1.82, 2.24) is 4.90 Å². The molecule has 1 saturated heterocycles. The molecule has 1 fully saturated rings. The van der Waals surface area contributed by atoms with Gasteiger partial charge in [-0.3, -0.25) is 4.79 Å². The molecule has 1 aliphatic heterocycles. The van der Waals surface area contributed by atoms with Gasteiger partial charge in [0.2, 0.25) is 0 Å². The fourth-order valence-corrected chi connectivity index (χ4v) is 2.69. The highest BCUT2D eigenvalue weighted by molar-refractivity contribution is 9.10. The van der Waals surface area contributed by atoms with Crippen LogP contribution in [0, 0.1) is 11.7 Å². The SMILES string of the molecule is CC(O)C1CCN(C(=O)c2cc(F)cc(Br)c2)C1. The first-order valence-corrected chi connectivity index (χ1v) is 6.70. The van der Waals surface area contributed by atoms with E-state index in [-0.39, 0.29) is 11.8 Å². The zero-order chi connectivity index (χ0) is 13.3. The highest BCUT2D eigenvalue weighted by atomic mass is 79.9. The van der Waals surface area contributed by atoms with E-state index in [9.17, 15) is 14.3 Å². The molecule has 1 heterocycles. The third-order valence-electron chi connectivity index (χ3n) is 3.30. The summed E-state index contributed by atoms with van der Waals surface area (Å²) in [4.78, 5) is 13.8. The van der Waals surface area contributed by atoms with Crippen molar-refractivity contribution in [1.29, 1.82) is 0 Å². The normalized spacial score (nSPS) is 21.1. The molecule has 0 radical (unpaired) electrons. The zero-order valence-corrected chi connectivity index (χ0v) is 11.7. The van der Waals surface area contributed by atoms with E-state index >= 15 is 0 Å². The molecule has 1 amide bonds. The van der Waals surface area contributed by atoms with Crippen LogP contribution in [0.2, 0.25) is 0 Å². The first kappa shape index (κ1) is 13.5. The maximum absolute atomic E-state index is 13.2. The van der Waals surface area contributed by atoms with E-state index in [1.807, 2.05) is 0 Å². The van der Waals surface area contributed by atoms with Crippen molar-refractivity contribution in [3.63, 3.8) is 0 Å². The minimum absolute atomic E-state index is 0.117. The third kappa shape index (κ3) is 2.90. The summed E-state index contributed by atoms with van der Waals surface area (Å²) < 4.78 is 13.8. The summed E-state index contributed by atoms with van der Waals surface area (Å²) in [5.74, 6) is -0.497. The Labute approximate surface area is 114 Å². The van der Waals surface area contributed by atoms with Gasteiger partial charge in [-0.1, -0.05) is 15.9 Å². The number of aliphatic hydroxyl groups excluding tert-OH is 1. The first-order valence-electron chi connectivity index (χ1n) is 5.91. The molecular formula is C13H15BrFNO2. The zero-order valence-electron chi connectivity index (χ0n) is 10.1. The van der Waals surface area contributed by atoms with E-state index in [0.29, 0.717) is 23.1 Å². The van der Waals surface area contributed by atoms with Gasteiger partial charge in [-0.15, -0.1) is 0 Å². The maximum Gasteiger partial charge on any atom is 0.254 e. The fraction of sp³-hybridized carbons (Fsp3) is 0.462. The molecule has 0 aliphatic carbocycles. The van der Waals surface area contributed by atoms with E-state index in [0.717, 1.165) is 6.42 Å². The first-order chi connectivity index (χ1) is 8.47. The molecule has 0 aromatic heterocycles.